The van der Waals surface area contributed by atoms with E-state index in [1.165, 1.54) is 11.8 Å². The van der Waals surface area contributed by atoms with Crippen LogP contribution < -0.4 is 14.8 Å². The van der Waals surface area contributed by atoms with E-state index in [-0.39, 0.29) is 18.4 Å². The van der Waals surface area contributed by atoms with Crippen molar-refractivity contribution < 1.29 is 19.1 Å². The Labute approximate surface area is 214 Å². The minimum atomic E-state index is -0.312. The van der Waals surface area contributed by atoms with E-state index >= 15 is 0 Å². The van der Waals surface area contributed by atoms with Crippen LogP contribution in [0.3, 0.4) is 0 Å². The van der Waals surface area contributed by atoms with Crippen molar-refractivity contribution in [3.8, 4) is 11.5 Å². The smallest absolute Gasteiger partial charge is 0.266 e. The number of halogens is 1. The van der Waals surface area contributed by atoms with Gasteiger partial charge in [-0.15, -0.1) is 0 Å². The summed E-state index contributed by atoms with van der Waals surface area (Å²) in [5.74, 6) is 0.541. The van der Waals surface area contributed by atoms with Crippen molar-refractivity contribution in [2.45, 2.75) is 33.6 Å². The van der Waals surface area contributed by atoms with Crippen LogP contribution in [0, 0.1) is 6.92 Å². The Morgan fingerprint density at radius 3 is 2.71 bits per heavy atom. The van der Waals surface area contributed by atoms with Gasteiger partial charge in [0.25, 0.3) is 11.8 Å². The Morgan fingerprint density at radius 2 is 1.97 bits per heavy atom. The molecule has 0 atom stereocenters. The van der Waals surface area contributed by atoms with E-state index in [0.717, 1.165) is 24.0 Å². The molecule has 1 saturated heterocycles. The third-order valence-corrected chi connectivity index (χ3v) is 6.62. The van der Waals surface area contributed by atoms with Crippen molar-refractivity contribution in [1.82, 2.24) is 4.90 Å². The summed E-state index contributed by atoms with van der Waals surface area (Å²) < 4.78 is 12.0. The third kappa shape index (κ3) is 6.74. The van der Waals surface area contributed by atoms with Crippen molar-refractivity contribution in [3.63, 3.8) is 0 Å². The lowest BCUT2D eigenvalue weighted by Gasteiger charge is -2.14. The van der Waals surface area contributed by atoms with Gasteiger partial charge in [0.1, 0.15) is 4.32 Å². The fraction of sp³-hybridized carbons (Fsp3) is 0.320. The number of nitrogens with one attached hydrogen (secondary N) is 1. The van der Waals surface area contributed by atoms with Gasteiger partial charge in [0.2, 0.25) is 0 Å². The van der Waals surface area contributed by atoms with Gasteiger partial charge in [0, 0.05) is 17.3 Å². The number of hydrogen-bond acceptors (Lipinski definition) is 6. The van der Waals surface area contributed by atoms with Crippen LogP contribution >= 0.6 is 35.6 Å². The van der Waals surface area contributed by atoms with Gasteiger partial charge in [0.05, 0.1) is 11.5 Å². The fourth-order valence-corrected chi connectivity index (χ4v) is 4.70. The highest BCUT2D eigenvalue weighted by molar-refractivity contribution is 8.26. The second-order valence-corrected chi connectivity index (χ2v) is 9.73. The molecule has 1 aliphatic heterocycles. The standard InChI is InChI=1S/C25H27ClN2O4S2/c1-4-6-11-28-24(30)22(34-25(28)33)13-17-8-10-20(21(12-17)31-5-2)32-15-23(29)27-19-14-18(26)9-7-16(19)3/h7-10,12-14H,4-6,11,15H2,1-3H3,(H,27,29)/b22-13-. The monoisotopic (exact) mass is 518 g/mol. The van der Waals surface area contributed by atoms with Crippen molar-refractivity contribution in [2.75, 3.05) is 25.1 Å². The molecule has 6 nitrogen and oxygen atoms in total. The van der Waals surface area contributed by atoms with Crippen molar-refractivity contribution >= 4 is 63.5 Å². The average Bonchev–Trinajstić information content (AvgIpc) is 3.06. The number of unbranched alkanes of at least 4 members (excludes halogenated alkanes) is 1. The first kappa shape index (κ1) is 26.1. The lowest BCUT2D eigenvalue weighted by Crippen LogP contribution is -2.28. The minimum Gasteiger partial charge on any atom is -0.490 e. The molecule has 0 aromatic heterocycles. The number of thioether (sulfide) groups is 1. The van der Waals surface area contributed by atoms with Gasteiger partial charge in [-0.05, 0) is 61.7 Å². The zero-order valence-corrected chi connectivity index (χ0v) is 21.7. The topological polar surface area (TPSA) is 67.9 Å². The van der Waals surface area contributed by atoms with Crippen LogP contribution in [-0.2, 0) is 9.59 Å². The molecule has 2 amide bonds. The van der Waals surface area contributed by atoms with Crippen LogP contribution in [0.4, 0.5) is 5.69 Å². The van der Waals surface area contributed by atoms with Gasteiger partial charge in [-0.2, -0.15) is 0 Å². The molecular weight excluding hydrogens is 492 g/mol. The first-order valence-electron chi connectivity index (χ1n) is 11.0. The second-order valence-electron chi connectivity index (χ2n) is 7.62. The SMILES string of the molecule is CCCCN1C(=O)/C(=C/c2ccc(OCC(=O)Nc3cc(Cl)ccc3C)c(OCC)c2)SC1=S. The summed E-state index contributed by atoms with van der Waals surface area (Å²) in [6, 6.07) is 10.6. The van der Waals surface area contributed by atoms with Gasteiger partial charge in [0.15, 0.2) is 18.1 Å². The van der Waals surface area contributed by atoms with Crippen LogP contribution in [0.25, 0.3) is 6.08 Å². The molecule has 0 bridgehead atoms. The van der Waals surface area contributed by atoms with E-state index in [1.807, 2.05) is 26.0 Å². The summed E-state index contributed by atoms with van der Waals surface area (Å²) in [5, 5.41) is 3.34. The molecule has 0 saturated carbocycles. The first-order valence-corrected chi connectivity index (χ1v) is 12.6. The van der Waals surface area contributed by atoms with Crippen molar-refractivity contribution in [1.29, 1.82) is 0 Å². The van der Waals surface area contributed by atoms with Crippen LogP contribution in [-0.4, -0.2) is 40.8 Å². The highest BCUT2D eigenvalue weighted by atomic mass is 35.5. The Bertz CT molecular complexity index is 1120. The summed E-state index contributed by atoms with van der Waals surface area (Å²) in [6.07, 6.45) is 3.70. The molecule has 1 aliphatic rings. The molecule has 1 heterocycles. The zero-order valence-electron chi connectivity index (χ0n) is 19.4. The van der Waals surface area contributed by atoms with E-state index in [0.29, 0.717) is 44.6 Å². The van der Waals surface area contributed by atoms with Gasteiger partial charge in [-0.25, -0.2) is 0 Å². The van der Waals surface area contributed by atoms with E-state index in [1.54, 1.807) is 35.2 Å². The number of anilines is 1. The molecule has 0 spiro atoms. The molecule has 1 fully saturated rings. The number of hydrogen-bond donors (Lipinski definition) is 1. The van der Waals surface area contributed by atoms with Crippen molar-refractivity contribution in [3.05, 3.63) is 57.5 Å². The molecule has 2 aromatic carbocycles. The summed E-state index contributed by atoms with van der Waals surface area (Å²) in [6.45, 7) is 6.69. The normalized spacial score (nSPS) is 14.6. The highest BCUT2D eigenvalue weighted by Gasteiger charge is 2.31. The van der Waals surface area contributed by atoms with E-state index in [4.69, 9.17) is 33.3 Å². The van der Waals surface area contributed by atoms with Gasteiger partial charge < -0.3 is 14.8 Å². The van der Waals surface area contributed by atoms with Crippen LogP contribution in [0.1, 0.15) is 37.8 Å². The molecule has 2 aromatic rings. The van der Waals surface area contributed by atoms with Gasteiger partial charge in [-0.1, -0.05) is 61.1 Å². The van der Waals surface area contributed by atoms with Crippen LogP contribution in [0.15, 0.2) is 41.3 Å². The Morgan fingerprint density at radius 1 is 1.18 bits per heavy atom. The van der Waals surface area contributed by atoms with Crippen LogP contribution in [0.5, 0.6) is 11.5 Å². The molecule has 0 radical (unpaired) electrons. The Balaban J connectivity index is 1.70. The molecule has 1 N–H and O–H groups in total. The second kappa shape index (κ2) is 12.2. The third-order valence-electron chi connectivity index (χ3n) is 5.01. The molecular formula is C25H27ClN2O4S2. The fourth-order valence-electron chi connectivity index (χ4n) is 3.22. The van der Waals surface area contributed by atoms with Gasteiger partial charge in [-0.3, -0.25) is 14.5 Å². The highest BCUT2D eigenvalue weighted by Crippen LogP contribution is 2.35. The van der Waals surface area contributed by atoms with E-state index in [2.05, 4.69) is 12.2 Å². The number of benzene rings is 2. The molecule has 180 valence electrons. The van der Waals surface area contributed by atoms with E-state index < -0.39 is 0 Å². The van der Waals surface area contributed by atoms with E-state index in [9.17, 15) is 9.59 Å². The predicted molar refractivity (Wildman–Crippen MR) is 143 cm³/mol. The first-order chi connectivity index (χ1) is 16.3. The lowest BCUT2D eigenvalue weighted by molar-refractivity contribution is -0.122. The number of amides is 2. The molecule has 0 unspecified atom stereocenters. The number of aryl methyl sites for hydroxylation is 1. The van der Waals surface area contributed by atoms with Gasteiger partial charge >= 0.3 is 0 Å². The molecule has 3 rings (SSSR count). The zero-order chi connectivity index (χ0) is 24.7. The number of nitrogens with zero attached hydrogens (tertiary/aromatic N) is 1. The lowest BCUT2D eigenvalue weighted by atomic mass is 10.2. The summed E-state index contributed by atoms with van der Waals surface area (Å²) >= 11 is 12.7. The largest absolute Gasteiger partial charge is 0.490 e. The number of thiocarbonyl (C=S) groups is 1. The Hall–Kier alpha value is -2.55. The average molecular weight is 519 g/mol. The Kier molecular flexibility index (Phi) is 9.38. The molecule has 9 heteroatoms. The maximum atomic E-state index is 12.7. The molecule has 0 aliphatic carbocycles. The number of rotatable bonds is 10. The number of carbonyl (C=O) groups excluding carboxylic acids is 2. The predicted octanol–water partition coefficient (Wildman–Crippen LogP) is 6.07. The number of ether oxygens (including phenoxy) is 2. The maximum Gasteiger partial charge on any atom is 0.266 e. The number of carbonyl (C=O) groups is 2. The summed E-state index contributed by atoms with van der Waals surface area (Å²) in [7, 11) is 0. The summed E-state index contributed by atoms with van der Waals surface area (Å²) in [4.78, 5) is 27.3. The summed E-state index contributed by atoms with van der Waals surface area (Å²) in [5.41, 5.74) is 2.32. The molecule has 34 heavy (non-hydrogen) atoms. The maximum absolute atomic E-state index is 12.7. The quantitative estimate of drug-likeness (QED) is 0.304. The minimum absolute atomic E-state index is 0.0743. The van der Waals surface area contributed by atoms with Crippen molar-refractivity contribution in [2.24, 2.45) is 0 Å². The van der Waals surface area contributed by atoms with Crippen LogP contribution in [0.2, 0.25) is 5.02 Å².